The maximum absolute atomic E-state index is 13.0. The van der Waals surface area contributed by atoms with Gasteiger partial charge >= 0.3 is 6.18 Å². The van der Waals surface area contributed by atoms with E-state index in [1.54, 1.807) is 17.4 Å². The van der Waals surface area contributed by atoms with Gasteiger partial charge in [0.1, 0.15) is 0 Å². The molecule has 2 aromatic rings. The third-order valence-electron chi connectivity index (χ3n) is 3.34. The van der Waals surface area contributed by atoms with Crippen molar-refractivity contribution in [1.82, 2.24) is 5.43 Å². The molecule has 3 N–H and O–H groups in total. The van der Waals surface area contributed by atoms with Gasteiger partial charge in [-0.3, -0.25) is 11.3 Å². The molecule has 0 aliphatic heterocycles. The largest absolute Gasteiger partial charge is 0.416 e. The van der Waals surface area contributed by atoms with Crippen LogP contribution in [0.2, 0.25) is 0 Å². The molecule has 1 atom stereocenters. The average Bonchev–Trinajstić information content (AvgIpc) is 2.96. The Labute approximate surface area is 125 Å². The molecule has 0 fully saturated rings. The molecule has 2 nitrogen and oxygen atoms in total. The molecule has 0 aliphatic rings. The van der Waals surface area contributed by atoms with E-state index in [9.17, 15) is 13.2 Å². The molecule has 0 spiro atoms. The van der Waals surface area contributed by atoms with E-state index in [2.05, 4.69) is 5.43 Å². The van der Waals surface area contributed by atoms with E-state index in [-0.39, 0.29) is 5.56 Å². The minimum atomic E-state index is -4.36. The summed E-state index contributed by atoms with van der Waals surface area (Å²) < 4.78 is 39.1. The minimum absolute atomic E-state index is 0.207. The molecule has 0 saturated heterocycles. The summed E-state index contributed by atoms with van der Waals surface area (Å²) in [6, 6.07) is 9.08. The van der Waals surface area contributed by atoms with Crippen LogP contribution in [0.4, 0.5) is 13.2 Å². The summed E-state index contributed by atoms with van der Waals surface area (Å²) in [5.41, 5.74) is 2.10. The third kappa shape index (κ3) is 4.30. The number of hydrogen-bond acceptors (Lipinski definition) is 3. The van der Waals surface area contributed by atoms with E-state index in [0.29, 0.717) is 6.42 Å². The van der Waals surface area contributed by atoms with Gasteiger partial charge in [0, 0.05) is 10.9 Å². The Morgan fingerprint density at radius 1 is 1.14 bits per heavy atom. The Hall–Kier alpha value is -1.37. The molecular weight excluding hydrogens is 297 g/mol. The van der Waals surface area contributed by atoms with Gasteiger partial charge in [-0.05, 0) is 42.3 Å². The number of alkyl halides is 3. The number of nitrogens with one attached hydrogen (secondary N) is 1. The standard InChI is InChI=1S/C15H17F3N2S/c16-15(17,18)13-8-2-1-7-12(13)14(20-19)9-3-5-11-6-4-10-21-11/h1-2,4,6-8,10,14,20H,3,5,9,19H2. The van der Waals surface area contributed by atoms with E-state index >= 15 is 0 Å². The van der Waals surface area contributed by atoms with Crippen LogP contribution >= 0.6 is 11.3 Å². The van der Waals surface area contributed by atoms with Crippen LogP contribution in [0, 0.1) is 0 Å². The number of nitrogens with two attached hydrogens (primary N) is 1. The predicted molar refractivity (Wildman–Crippen MR) is 78.8 cm³/mol. The van der Waals surface area contributed by atoms with E-state index in [1.807, 2.05) is 17.5 Å². The van der Waals surface area contributed by atoms with Gasteiger partial charge in [-0.25, -0.2) is 0 Å². The molecule has 21 heavy (non-hydrogen) atoms. The summed E-state index contributed by atoms with van der Waals surface area (Å²) in [7, 11) is 0. The van der Waals surface area contributed by atoms with Crippen molar-refractivity contribution in [2.45, 2.75) is 31.5 Å². The van der Waals surface area contributed by atoms with Crippen LogP contribution in [0.25, 0.3) is 0 Å². The second-order valence-corrected chi connectivity index (χ2v) is 5.81. The van der Waals surface area contributed by atoms with Crippen molar-refractivity contribution in [3.05, 3.63) is 57.8 Å². The topological polar surface area (TPSA) is 38.0 Å². The fourth-order valence-electron chi connectivity index (χ4n) is 2.32. The van der Waals surface area contributed by atoms with Crippen molar-refractivity contribution in [3.63, 3.8) is 0 Å². The number of aryl methyl sites for hydroxylation is 1. The summed E-state index contributed by atoms with van der Waals surface area (Å²) >= 11 is 1.65. The Balaban J connectivity index is 2.07. The number of rotatable bonds is 6. The maximum atomic E-state index is 13.0. The van der Waals surface area contributed by atoms with E-state index < -0.39 is 17.8 Å². The molecule has 114 valence electrons. The molecular formula is C15H17F3N2S. The highest BCUT2D eigenvalue weighted by atomic mass is 32.1. The lowest BCUT2D eigenvalue weighted by Gasteiger charge is -2.21. The van der Waals surface area contributed by atoms with Crippen molar-refractivity contribution in [2.75, 3.05) is 0 Å². The van der Waals surface area contributed by atoms with Crippen molar-refractivity contribution in [1.29, 1.82) is 0 Å². The second kappa shape index (κ2) is 7.06. The fourth-order valence-corrected chi connectivity index (χ4v) is 3.07. The highest BCUT2D eigenvalue weighted by molar-refractivity contribution is 7.09. The van der Waals surface area contributed by atoms with Gasteiger partial charge in [-0.15, -0.1) is 11.3 Å². The first-order valence-electron chi connectivity index (χ1n) is 6.67. The summed E-state index contributed by atoms with van der Waals surface area (Å²) in [5.74, 6) is 5.46. The zero-order valence-corrected chi connectivity index (χ0v) is 12.2. The molecule has 0 bridgehead atoms. The zero-order valence-electron chi connectivity index (χ0n) is 11.4. The van der Waals surface area contributed by atoms with Crippen LogP contribution in [0.1, 0.15) is 34.9 Å². The lowest BCUT2D eigenvalue weighted by atomic mass is 9.96. The molecule has 0 saturated carbocycles. The zero-order chi connectivity index (χ0) is 15.3. The van der Waals surface area contributed by atoms with Crippen molar-refractivity contribution in [2.24, 2.45) is 5.84 Å². The molecule has 0 aliphatic carbocycles. The Morgan fingerprint density at radius 3 is 2.52 bits per heavy atom. The van der Waals surface area contributed by atoms with Crippen molar-refractivity contribution >= 4 is 11.3 Å². The molecule has 0 radical (unpaired) electrons. The molecule has 0 amide bonds. The smallest absolute Gasteiger partial charge is 0.271 e. The molecule has 6 heteroatoms. The Morgan fingerprint density at radius 2 is 1.90 bits per heavy atom. The summed E-state index contributed by atoms with van der Waals surface area (Å²) in [4.78, 5) is 1.23. The quantitative estimate of drug-likeness (QED) is 0.616. The predicted octanol–water partition coefficient (Wildman–Crippen LogP) is 4.29. The van der Waals surface area contributed by atoms with Gasteiger partial charge in [-0.1, -0.05) is 24.3 Å². The van der Waals surface area contributed by atoms with Crippen LogP contribution in [-0.2, 0) is 12.6 Å². The first kappa shape index (κ1) is 16.0. The summed E-state index contributed by atoms with van der Waals surface area (Å²) in [5, 5.41) is 1.99. The van der Waals surface area contributed by atoms with Crippen LogP contribution in [-0.4, -0.2) is 0 Å². The molecule has 2 rings (SSSR count). The molecule has 1 aromatic carbocycles. The Bertz CT molecular complexity index is 552. The number of halogens is 3. The van der Waals surface area contributed by atoms with Gasteiger partial charge in [0.15, 0.2) is 0 Å². The van der Waals surface area contributed by atoms with Crippen LogP contribution < -0.4 is 11.3 Å². The fraction of sp³-hybridized carbons (Fsp3) is 0.333. The van der Waals surface area contributed by atoms with Gasteiger partial charge in [0.25, 0.3) is 0 Å². The normalized spacial score (nSPS) is 13.3. The second-order valence-electron chi connectivity index (χ2n) is 4.78. The number of thiophene rings is 1. The first-order valence-corrected chi connectivity index (χ1v) is 7.55. The van der Waals surface area contributed by atoms with Gasteiger partial charge in [0.05, 0.1) is 5.56 Å². The minimum Gasteiger partial charge on any atom is -0.271 e. The molecule has 1 aromatic heterocycles. The van der Waals surface area contributed by atoms with Crippen LogP contribution in [0.5, 0.6) is 0 Å². The first-order chi connectivity index (χ1) is 10.0. The lowest BCUT2D eigenvalue weighted by molar-refractivity contribution is -0.138. The van der Waals surface area contributed by atoms with Gasteiger partial charge < -0.3 is 0 Å². The lowest BCUT2D eigenvalue weighted by Crippen LogP contribution is -2.30. The van der Waals surface area contributed by atoms with Crippen molar-refractivity contribution < 1.29 is 13.2 Å². The molecule has 1 unspecified atom stereocenters. The monoisotopic (exact) mass is 314 g/mol. The van der Waals surface area contributed by atoms with Crippen LogP contribution in [0.3, 0.4) is 0 Å². The SMILES string of the molecule is NNC(CCCc1cccs1)c1ccccc1C(F)(F)F. The highest BCUT2D eigenvalue weighted by Gasteiger charge is 2.34. The highest BCUT2D eigenvalue weighted by Crippen LogP contribution is 2.35. The maximum Gasteiger partial charge on any atom is 0.416 e. The number of benzene rings is 1. The van der Waals surface area contributed by atoms with Crippen LogP contribution in [0.15, 0.2) is 41.8 Å². The molecule has 1 heterocycles. The number of hydrazine groups is 1. The van der Waals surface area contributed by atoms with E-state index in [4.69, 9.17) is 5.84 Å². The van der Waals surface area contributed by atoms with Gasteiger partial charge in [-0.2, -0.15) is 13.2 Å². The van der Waals surface area contributed by atoms with E-state index in [0.717, 1.165) is 18.9 Å². The van der Waals surface area contributed by atoms with E-state index in [1.165, 1.54) is 17.0 Å². The Kier molecular flexibility index (Phi) is 5.39. The van der Waals surface area contributed by atoms with Gasteiger partial charge in [0.2, 0.25) is 0 Å². The third-order valence-corrected chi connectivity index (χ3v) is 4.28. The average molecular weight is 314 g/mol. The summed E-state index contributed by atoms with van der Waals surface area (Å²) in [6.07, 6.45) is -2.17. The number of hydrogen-bond donors (Lipinski definition) is 2. The summed E-state index contributed by atoms with van der Waals surface area (Å²) in [6.45, 7) is 0. The van der Waals surface area contributed by atoms with Crippen molar-refractivity contribution in [3.8, 4) is 0 Å².